The zero-order valence-electron chi connectivity index (χ0n) is 15.8. The Morgan fingerprint density at radius 1 is 1.12 bits per heavy atom. The standard InChI is InChI=1S/C22H25ClN2O/c1-21(2)19-15-17(23)7-10-20(19)25-13-14-26-22(21,25)12-11-16-5-8-18(9-6-16)24(3)4/h5-12,15H,13-14H2,1-4H3/b12-11-. The van der Waals surface area contributed by atoms with Crippen molar-refractivity contribution in [2.24, 2.45) is 0 Å². The molecular weight excluding hydrogens is 344 g/mol. The van der Waals surface area contributed by atoms with Crippen LogP contribution in [0.3, 0.4) is 0 Å². The van der Waals surface area contributed by atoms with E-state index in [0.29, 0.717) is 0 Å². The molecule has 0 saturated carbocycles. The minimum absolute atomic E-state index is 0.191. The number of hydrogen-bond acceptors (Lipinski definition) is 3. The molecule has 136 valence electrons. The Bertz CT molecular complexity index is 857. The molecule has 2 aromatic rings. The average Bonchev–Trinajstić information content (AvgIpc) is 3.11. The largest absolute Gasteiger partial charge is 0.378 e. The van der Waals surface area contributed by atoms with Crippen molar-refractivity contribution in [2.45, 2.75) is 25.0 Å². The molecule has 0 radical (unpaired) electrons. The van der Waals surface area contributed by atoms with Crippen LogP contribution < -0.4 is 9.80 Å². The lowest BCUT2D eigenvalue weighted by Gasteiger charge is -2.39. The van der Waals surface area contributed by atoms with Crippen molar-refractivity contribution in [3.63, 3.8) is 0 Å². The maximum atomic E-state index is 6.37. The van der Waals surface area contributed by atoms with Crippen LogP contribution in [-0.2, 0) is 10.2 Å². The molecule has 26 heavy (non-hydrogen) atoms. The highest BCUT2D eigenvalue weighted by molar-refractivity contribution is 6.30. The van der Waals surface area contributed by atoms with Crippen LogP contribution in [0.1, 0.15) is 25.0 Å². The minimum atomic E-state index is -0.472. The minimum Gasteiger partial charge on any atom is -0.378 e. The second-order valence-corrected chi connectivity index (χ2v) is 8.24. The lowest BCUT2D eigenvalue weighted by atomic mass is 9.77. The summed E-state index contributed by atoms with van der Waals surface area (Å²) in [6, 6.07) is 14.7. The number of nitrogens with zero attached hydrogens (tertiary/aromatic N) is 2. The van der Waals surface area contributed by atoms with Gasteiger partial charge in [0.2, 0.25) is 0 Å². The summed E-state index contributed by atoms with van der Waals surface area (Å²) in [5.74, 6) is 0. The van der Waals surface area contributed by atoms with E-state index in [1.165, 1.54) is 22.5 Å². The number of rotatable bonds is 3. The van der Waals surface area contributed by atoms with Gasteiger partial charge in [0.1, 0.15) is 0 Å². The summed E-state index contributed by atoms with van der Waals surface area (Å²) in [6.07, 6.45) is 4.39. The van der Waals surface area contributed by atoms with Gasteiger partial charge in [-0.05, 0) is 47.5 Å². The Kier molecular flexibility index (Phi) is 4.05. The van der Waals surface area contributed by atoms with E-state index in [0.717, 1.165) is 18.2 Å². The molecule has 3 nitrogen and oxygen atoms in total. The molecule has 0 spiro atoms. The highest BCUT2D eigenvalue weighted by Crippen LogP contribution is 2.55. The zero-order chi connectivity index (χ0) is 18.5. The summed E-state index contributed by atoms with van der Waals surface area (Å²) in [5, 5.41) is 0.774. The Morgan fingerprint density at radius 2 is 1.85 bits per heavy atom. The fourth-order valence-electron chi connectivity index (χ4n) is 4.23. The monoisotopic (exact) mass is 368 g/mol. The Labute approximate surface area is 160 Å². The summed E-state index contributed by atoms with van der Waals surface area (Å²) in [5.41, 5.74) is 4.18. The molecule has 2 heterocycles. The number of ether oxygens (including phenoxy) is 1. The van der Waals surface area contributed by atoms with E-state index in [-0.39, 0.29) is 5.41 Å². The lowest BCUT2D eigenvalue weighted by molar-refractivity contribution is 0.000339. The van der Waals surface area contributed by atoms with Gasteiger partial charge in [0.25, 0.3) is 0 Å². The highest BCUT2D eigenvalue weighted by Gasteiger charge is 2.59. The van der Waals surface area contributed by atoms with Crippen LogP contribution in [0.4, 0.5) is 11.4 Å². The van der Waals surface area contributed by atoms with Crippen LogP contribution in [0, 0.1) is 0 Å². The molecule has 1 saturated heterocycles. The lowest BCUT2D eigenvalue weighted by Crippen LogP contribution is -2.51. The second-order valence-electron chi connectivity index (χ2n) is 7.80. The third-order valence-electron chi connectivity index (χ3n) is 5.77. The highest BCUT2D eigenvalue weighted by atomic mass is 35.5. The molecule has 0 amide bonds. The fourth-order valence-corrected chi connectivity index (χ4v) is 4.40. The van der Waals surface area contributed by atoms with E-state index in [1.54, 1.807) is 0 Å². The van der Waals surface area contributed by atoms with E-state index < -0.39 is 5.72 Å². The van der Waals surface area contributed by atoms with Crippen molar-refractivity contribution < 1.29 is 4.74 Å². The summed E-state index contributed by atoms with van der Waals surface area (Å²) >= 11 is 6.28. The van der Waals surface area contributed by atoms with Crippen molar-refractivity contribution in [3.05, 3.63) is 64.7 Å². The molecule has 0 aromatic heterocycles. The molecule has 2 aliphatic heterocycles. The smallest absolute Gasteiger partial charge is 0.170 e. The first-order valence-corrected chi connectivity index (χ1v) is 9.41. The van der Waals surface area contributed by atoms with Crippen LogP contribution in [0.25, 0.3) is 6.08 Å². The molecule has 4 heteroatoms. The van der Waals surface area contributed by atoms with Gasteiger partial charge in [-0.25, -0.2) is 0 Å². The molecular formula is C22H25ClN2O. The van der Waals surface area contributed by atoms with E-state index in [9.17, 15) is 0 Å². The Hall–Kier alpha value is -1.97. The van der Waals surface area contributed by atoms with Gasteiger partial charge < -0.3 is 14.5 Å². The average molecular weight is 369 g/mol. The van der Waals surface area contributed by atoms with Gasteiger partial charge in [0.05, 0.1) is 6.61 Å². The maximum absolute atomic E-state index is 6.37. The van der Waals surface area contributed by atoms with Gasteiger partial charge >= 0.3 is 0 Å². The van der Waals surface area contributed by atoms with Crippen molar-refractivity contribution in [2.75, 3.05) is 37.0 Å². The molecule has 0 N–H and O–H groups in total. The second kappa shape index (κ2) is 6.04. The topological polar surface area (TPSA) is 15.7 Å². The fraction of sp³-hybridized carbons (Fsp3) is 0.364. The summed E-state index contributed by atoms with van der Waals surface area (Å²) in [4.78, 5) is 4.48. The number of fused-ring (bicyclic) bond motifs is 3. The number of benzene rings is 2. The summed E-state index contributed by atoms with van der Waals surface area (Å²) in [7, 11) is 4.11. The van der Waals surface area contributed by atoms with Crippen LogP contribution in [-0.4, -0.2) is 33.0 Å². The predicted octanol–water partition coefficient (Wildman–Crippen LogP) is 4.94. The van der Waals surface area contributed by atoms with E-state index in [2.05, 4.69) is 86.3 Å². The summed E-state index contributed by atoms with van der Waals surface area (Å²) < 4.78 is 6.37. The number of halogens is 1. The van der Waals surface area contributed by atoms with E-state index in [1.807, 2.05) is 6.07 Å². The predicted molar refractivity (Wildman–Crippen MR) is 110 cm³/mol. The van der Waals surface area contributed by atoms with Gasteiger partial charge in [-0.3, -0.25) is 0 Å². The van der Waals surface area contributed by atoms with Crippen LogP contribution >= 0.6 is 11.6 Å². The molecule has 1 unspecified atom stereocenters. The van der Waals surface area contributed by atoms with Gasteiger partial charge in [-0.15, -0.1) is 0 Å². The first kappa shape index (κ1) is 17.4. The Balaban J connectivity index is 1.73. The normalized spacial score (nSPS) is 23.3. The van der Waals surface area contributed by atoms with E-state index in [4.69, 9.17) is 16.3 Å². The third-order valence-corrected chi connectivity index (χ3v) is 6.00. The first-order chi connectivity index (χ1) is 12.3. The zero-order valence-corrected chi connectivity index (χ0v) is 16.5. The van der Waals surface area contributed by atoms with Crippen LogP contribution in [0.15, 0.2) is 48.5 Å². The third kappa shape index (κ3) is 2.45. The summed E-state index contributed by atoms with van der Waals surface area (Å²) in [6.45, 7) is 6.11. The van der Waals surface area contributed by atoms with Gasteiger partial charge in [-0.1, -0.05) is 43.7 Å². The molecule has 0 aliphatic carbocycles. The van der Waals surface area contributed by atoms with Crippen molar-refractivity contribution in [3.8, 4) is 0 Å². The SMILES string of the molecule is CN(C)c1ccc(/C=C\C23OCCN2c2ccc(Cl)cc2C3(C)C)cc1. The quantitative estimate of drug-likeness (QED) is 0.762. The van der Waals surface area contributed by atoms with Crippen LogP contribution in [0.5, 0.6) is 0 Å². The van der Waals surface area contributed by atoms with E-state index >= 15 is 0 Å². The Morgan fingerprint density at radius 3 is 2.54 bits per heavy atom. The molecule has 0 bridgehead atoms. The van der Waals surface area contributed by atoms with Crippen LogP contribution in [0.2, 0.25) is 5.02 Å². The number of hydrogen-bond donors (Lipinski definition) is 0. The molecule has 1 fully saturated rings. The first-order valence-electron chi connectivity index (χ1n) is 9.03. The molecule has 2 aliphatic rings. The van der Waals surface area contributed by atoms with Gasteiger partial charge in [-0.2, -0.15) is 0 Å². The number of anilines is 2. The molecule has 1 atom stereocenters. The van der Waals surface area contributed by atoms with Gasteiger partial charge in [0, 0.05) is 42.5 Å². The van der Waals surface area contributed by atoms with Crippen molar-refractivity contribution in [1.29, 1.82) is 0 Å². The van der Waals surface area contributed by atoms with Crippen molar-refractivity contribution in [1.82, 2.24) is 0 Å². The maximum Gasteiger partial charge on any atom is 0.170 e. The van der Waals surface area contributed by atoms with Crippen molar-refractivity contribution >= 4 is 29.1 Å². The molecule has 4 rings (SSSR count). The molecule has 2 aromatic carbocycles. The van der Waals surface area contributed by atoms with Gasteiger partial charge in [0.15, 0.2) is 5.72 Å².